The summed E-state index contributed by atoms with van der Waals surface area (Å²) in [6.45, 7) is 3.36. The lowest BCUT2D eigenvalue weighted by Crippen LogP contribution is -2.16. The van der Waals surface area contributed by atoms with Crippen molar-refractivity contribution in [3.05, 3.63) is 0 Å². The van der Waals surface area contributed by atoms with E-state index in [1.54, 1.807) is 0 Å². The average molecular weight is 167 g/mol. The molecule has 2 rings (SSSR count). The van der Waals surface area contributed by atoms with E-state index in [0.717, 1.165) is 18.4 Å². The molecule has 1 unspecified atom stereocenters. The minimum atomic E-state index is 0.614. The topological polar surface area (TPSA) is 26.0 Å². The van der Waals surface area contributed by atoms with E-state index in [9.17, 15) is 0 Å². The summed E-state index contributed by atoms with van der Waals surface area (Å²) < 4.78 is 0. The van der Waals surface area contributed by atoms with Gasteiger partial charge in [0.05, 0.1) is 0 Å². The predicted molar refractivity (Wildman–Crippen MR) is 51.8 cm³/mol. The molecule has 0 aromatic heterocycles. The standard InChI is InChI=1S/C11H21N/c1-9(10-2-3-10)4-5-11(8-12)6-7-11/h9-10H,2-8,12H2,1H3. The maximum Gasteiger partial charge on any atom is -0.00205 e. The first-order valence-electron chi connectivity index (χ1n) is 5.46. The van der Waals surface area contributed by atoms with Crippen LogP contribution < -0.4 is 5.73 Å². The van der Waals surface area contributed by atoms with Gasteiger partial charge in [0, 0.05) is 0 Å². The highest BCUT2D eigenvalue weighted by Gasteiger charge is 2.41. The predicted octanol–water partition coefficient (Wildman–Crippen LogP) is 2.55. The van der Waals surface area contributed by atoms with Crippen molar-refractivity contribution in [3.8, 4) is 0 Å². The zero-order chi connectivity index (χ0) is 8.60. The Balaban J connectivity index is 1.67. The molecule has 2 fully saturated rings. The molecule has 1 heteroatoms. The van der Waals surface area contributed by atoms with Gasteiger partial charge in [0.25, 0.3) is 0 Å². The Morgan fingerprint density at radius 1 is 1.42 bits per heavy atom. The fourth-order valence-electron chi connectivity index (χ4n) is 2.17. The van der Waals surface area contributed by atoms with Crippen LogP contribution in [0.4, 0.5) is 0 Å². The first-order valence-corrected chi connectivity index (χ1v) is 5.46. The number of nitrogens with two attached hydrogens (primary N) is 1. The molecule has 1 nitrogen and oxygen atoms in total. The Morgan fingerprint density at radius 2 is 2.08 bits per heavy atom. The van der Waals surface area contributed by atoms with Crippen LogP contribution in [0.2, 0.25) is 0 Å². The summed E-state index contributed by atoms with van der Waals surface area (Å²) in [5.74, 6) is 2.06. The minimum absolute atomic E-state index is 0.614. The maximum absolute atomic E-state index is 5.75. The first kappa shape index (κ1) is 8.55. The molecule has 0 bridgehead atoms. The summed E-state index contributed by atoms with van der Waals surface area (Å²) in [5, 5.41) is 0. The highest BCUT2D eigenvalue weighted by Crippen LogP contribution is 2.50. The molecule has 0 radical (unpaired) electrons. The number of rotatable bonds is 5. The van der Waals surface area contributed by atoms with Crippen LogP contribution >= 0.6 is 0 Å². The zero-order valence-corrected chi connectivity index (χ0v) is 8.18. The molecule has 2 N–H and O–H groups in total. The van der Waals surface area contributed by atoms with Gasteiger partial charge in [-0.05, 0) is 62.3 Å². The van der Waals surface area contributed by atoms with Crippen LogP contribution in [-0.4, -0.2) is 6.54 Å². The van der Waals surface area contributed by atoms with Gasteiger partial charge in [0.1, 0.15) is 0 Å². The van der Waals surface area contributed by atoms with Gasteiger partial charge in [-0.1, -0.05) is 6.92 Å². The van der Waals surface area contributed by atoms with Gasteiger partial charge in [-0.2, -0.15) is 0 Å². The monoisotopic (exact) mass is 167 g/mol. The maximum atomic E-state index is 5.75. The van der Waals surface area contributed by atoms with E-state index in [1.165, 1.54) is 38.5 Å². The lowest BCUT2D eigenvalue weighted by molar-refractivity contribution is 0.374. The van der Waals surface area contributed by atoms with Crippen molar-refractivity contribution in [2.24, 2.45) is 23.0 Å². The van der Waals surface area contributed by atoms with E-state index in [4.69, 9.17) is 5.73 Å². The summed E-state index contributed by atoms with van der Waals surface area (Å²) in [6, 6.07) is 0. The molecule has 0 aliphatic heterocycles. The van der Waals surface area contributed by atoms with Crippen molar-refractivity contribution in [1.29, 1.82) is 0 Å². The third-order valence-corrected chi connectivity index (χ3v) is 3.95. The van der Waals surface area contributed by atoms with Crippen molar-refractivity contribution in [1.82, 2.24) is 0 Å². The summed E-state index contributed by atoms with van der Waals surface area (Å²) in [5.41, 5.74) is 6.36. The van der Waals surface area contributed by atoms with Crippen LogP contribution in [0.25, 0.3) is 0 Å². The van der Waals surface area contributed by atoms with Gasteiger partial charge >= 0.3 is 0 Å². The van der Waals surface area contributed by atoms with Gasteiger partial charge < -0.3 is 5.73 Å². The molecule has 12 heavy (non-hydrogen) atoms. The Labute approximate surface area is 75.7 Å². The smallest absolute Gasteiger partial charge is 0.00205 e. The first-order chi connectivity index (χ1) is 5.76. The van der Waals surface area contributed by atoms with E-state index in [-0.39, 0.29) is 0 Å². The fraction of sp³-hybridized carbons (Fsp3) is 1.00. The van der Waals surface area contributed by atoms with Crippen molar-refractivity contribution in [3.63, 3.8) is 0 Å². The minimum Gasteiger partial charge on any atom is -0.330 e. The highest BCUT2D eigenvalue weighted by molar-refractivity contribution is 4.94. The van der Waals surface area contributed by atoms with Crippen molar-refractivity contribution >= 4 is 0 Å². The zero-order valence-electron chi connectivity index (χ0n) is 8.18. The molecule has 70 valence electrons. The lowest BCUT2D eigenvalue weighted by atomic mass is 9.92. The van der Waals surface area contributed by atoms with Crippen LogP contribution in [0.15, 0.2) is 0 Å². The van der Waals surface area contributed by atoms with Gasteiger partial charge in [0.2, 0.25) is 0 Å². The molecular formula is C11H21N. The Hall–Kier alpha value is -0.0400. The summed E-state index contributed by atoms with van der Waals surface area (Å²) >= 11 is 0. The van der Waals surface area contributed by atoms with Crippen LogP contribution in [0, 0.1) is 17.3 Å². The second-order valence-corrected chi connectivity index (χ2v) is 5.06. The number of hydrogen-bond donors (Lipinski definition) is 1. The second-order valence-electron chi connectivity index (χ2n) is 5.06. The fourth-order valence-corrected chi connectivity index (χ4v) is 2.17. The van der Waals surface area contributed by atoms with E-state index >= 15 is 0 Å². The van der Waals surface area contributed by atoms with Crippen molar-refractivity contribution in [2.75, 3.05) is 6.54 Å². The van der Waals surface area contributed by atoms with Gasteiger partial charge in [-0.3, -0.25) is 0 Å². The molecule has 0 aromatic rings. The van der Waals surface area contributed by atoms with Crippen LogP contribution in [0.5, 0.6) is 0 Å². The highest BCUT2D eigenvalue weighted by atomic mass is 14.6. The Bertz CT molecular complexity index is 156. The van der Waals surface area contributed by atoms with E-state index in [1.807, 2.05) is 0 Å². The van der Waals surface area contributed by atoms with Gasteiger partial charge in [0.15, 0.2) is 0 Å². The quantitative estimate of drug-likeness (QED) is 0.669. The van der Waals surface area contributed by atoms with Crippen molar-refractivity contribution < 1.29 is 0 Å². The largest absolute Gasteiger partial charge is 0.330 e. The third-order valence-electron chi connectivity index (χ3n) is 3.95. The van der Waals surface area contributed by atoms with Crippen LogP contribution in [0.3, 0.4) is 0 Å². The lowest BCUT2D eigenvalue weighted by Gasteiger charge is -2.15. The molecule has 2 aliphatic carbocycles. The van der Waals surface area contributed by atoms with Crippen molar-refractivity contribution in [2.45, 2.75) is 45.4 Å². The van der Waals surface area contributed by atoms with E-state index in [0.29, 0.717) is 5.41 Å². The molecule has 2 aliphatic rings. The molecule has 0 aromatic carbocycles. The van der Waals surface area contributed by atoms with E-state index < -0.39 is 0 Å². The van der Waals surface area contributed by atoms with Crippen LogP contribution in [-0.2, 0) is 0 Å². The molecule has 2 saturated carbocycles. The SMILES string of the molecule is CC(CCC1(CN)CC1)C1CC1. The second kappa shape index (κ2) is 3.02. The Morgan fingerprint density at radius 3 is 2.50 bits per heavy atom. The Kier molecular flexibility index (Phi) is 2.16. The molecule has 0 saturated heterocycles. The summed E-state index contributed by atoms with van der Waals surface area (Å²) in [7, 11) is 0. The van der Waals surface area contributed by atoms with E-state index in [2.05, 4.69) is 6.92 Å². The molecule has 0 amide bonds. The summed E-state index contributed by atoms with van der Waals surface area (Å²) in [6.07, 6.45) is 8.64. The summed E-state index contributed by atoms with van der Waals surface area (Å²) in [4.78, 5) is 0. The van der Waals surface area contributed by atoms with Crippen LogP contribution in [0.1, 0.15) is 45.4 Å². The molecular weight excluding hydrogens is 146 g/mol. The number of hydrogen-bond acceptors (Lipinski definition) is 1. The molecule has 0 heterocycles. The van der Waals surface area contributed by atoms with Gasteiger partial charge in [-0.25, -0.2) is 0 Å². The molecule has 0 spiro atoms. The van der Waals surface area contributed by atoms with Gasteiger partial charge in [-0.15, -0.1) is 0 Å². The normalized spacial score (nSPS) is 28.5. The third kappa shape index (κ3) is 1.82. The molecule has 1 atom stereocenters. The average Bonchev–Trinajstić information content (AvgIpc) is 2.94.